The van der Waals surface area contributed by atoms with Crippen molar-refractivity contribution in [1.82, 2.24) is 5.32 Å². The summed E-state index contributed by atoms with van der Waals surface area (Å²) in [5.74, 6) is -2.71. The van der Waals surface area contributed by atoms with Crippen molar-refractivity contribution in [3.05, 3.63) is 24.4 Å². The Bertz CT molecular complexity index is 278. The van der Waals surface area contributed by atoms with E-state index in [2.05, 4.69) is 5.32 Å². The fourth-order valence-electron chi connectivity index (χ4n) is 0.509. The SMILES string of the molecule is O=C(O)C(F)(F)F.O=C1CC=CC=CN1. The minimum atomic E-state index is -5.08. The van der Waals surface area contributed by atoms with Crippen molar-refractivity contribution in [2.75, 3.05) is 0 Å². The maximum absolute atomic E-state index is 10.6. The molecule has 0 saturated carbocycles. The molecule has 0 aromatic heterocycles. The van der Waals surface area contributed by atoms with Crippen LogP contribution in [0.5, 0.6) is 0 Å². The van der Waals surface area contributed by atoms with Crippen molar-refractivity contribution in [2.24, 2.45) is 0 Å². The minimum Gasteiger partial charge on any atom is -0.475 e. The van der Waals surface area contributed by atoms with Gasteiger partial charge in [0.25, 0.3) is 0 Å². The quantitative estimate of drug-likeness (QED) is 0.648. The first-order valence-electron chi connectivity index (χ1n) is 3.75. The number of rotatable bonds is 0. The molecule has 1 aliphatic rings. The van der Waals surface area contributed by atoms with Crippen LogP contribution in [0.15, 0.2) is 24.4 Å². The van der Waals surface area contributed by atoms with E-state index in [0.29, 0.717) is 6.42 Å². The van der Waals surface area contributed by atoms with Crippen LogP contribution in [0, 0.1) is 0 Å². The van der Waals surface area contributed by atoms with Gasteiger partial charge in [-0.2, -0.15) is 13.2 Å². The van der Waals surface area contributed by atoms with E-state index in [-0.39, 0.29) is 5.91 Å². The number of aliphatic carboxylic acids is 1. The predicted molar refractivity (Wildman–Crippen MR) is 44.7 cm³/mol. The molecule has 1 aliphatic heterocycles. The Morgan fingerprint density at radius 2 is 1.93 bits per heavy atom. The highest BCUT2D eigenvalue weighted by molar-refractivity contribution is 5.78. The molecule has 0 unspecified atom stereocenters. The summed E-state index contributed by atoms with van der Waals surface area (Å²) in [5.41, 5.74) is 0. The van der Waals surface area contributed by atoms with Gasteiger partial charge < -0.3 is 10.4 Å². The predicted octanol–water partition coefficient (Wildman–Crippen LogP) is 1.21. The van der Waals surface area contributed by atoms with Crippen LogP contribution >= 0.6 is 0 Å². The van der Waals surface area contributed by atoms with Crippen molar-refractivity contribution in [2.45, 2.75) is 12.6 Å². The molecule has 84 valence electrons. The number of hydrogen-bond donors (Lipinski definition) is 2. The zero-order chi connectivity index (χ0) is 11.9. The van der Waals surface area contributed by atoms with Crippen LogP contribution in [0.25, 0.3) is 0 Å². The lowest BCUT2D eigenvalue weighted by molar-refractivity contribution is -0.192. The summed E-state index contributed by atoms with van der Waals surface area (Å²) in [6, 6.07) is 0. The number of carbonyl (C=O) groups excluding carboxylic acids is 1. The summed E-state index contributed by atoms with van der Waals surface area (Å²) in [6.45, 7) is 0. The average Bonchev–Trinajstić information content (AvgIpc) is 2.32. The molecule has 0 bridgehead atoms. The molecule has 0 aromatic carbocycles. The molecular weight excluding hydrogens is 215 g/mol. The second-order valence-electron chi connectivity index (χ2n) is 2.36. The molecule has 0 saturated heterocycles. The van der Waals surface area contributed by atoms with Gasteiger partial charge in [0, 0.05) is 12.6 Å². The van der Waals surface area contributed by atoms with E-state index < -0.39 is 12.1 Å². The van der Waals surface area contributed by atoms with E-state index in [9.17, 15) is 18.0 Å². The molecule has 2 N–H and O–H groups in total. The molecule has 1 rings (SSSR count). The zero-order valence-corrected chi connectivity index (χ0v) is 7.41. The van der Waals surface area contributed by atoms with Crippen LogP contribution in [0.4, 0.5) is 13.2 Å². The molecule has 15 heavy (non-hydrogen) atoms. The minimum absolute atomic E-state index is 0.0509. The first kappa shape index (κ1) is 13.2. The first-order chi connectivity index (χ1) is 6.84. The van der Waals surface area contributed by atoms with Gasteiger partial charge in [0.05, 0.1) is 0 Å². The Balaban J connectivity index is 0.000000265. The summed E-state index contributed by atoms with van der Waals surface area (Å²) in [6.07, 6.45) is 2.50. The Morgan fingerprint density at radius 1 is 1.40 bits per heavy atom. The van der Waals surface area contributed by atoms with Crippen LogP contribution in [-0.4, -0.2) is 23.2 Å². The highest BCUT2D eigenvalue weighted by atomic mass is 19.4. The molecule has 0 atom stereocenters. The summed E-state index contributed by atoms with van der Waals surface area (Å²) in [4.78, 5) is 19.4. The molecule has 0 radical (unpaired) electrons. The maximum atomic E-state index is 10.6. The van der Waals surface area contributed by atoms with Gasteiger partial charge >= 0.3 is 12.1 Å². The van der Waals surface area contributed by atoms with E-state index in [4.69, 9.17) is 9.90 Å². The molecule has 4 nitrogen and oxygen atoms in total. The highest BCUT2D eigenvalue weighted by Gasteiger charge is 2.38. The standard InChI is InChI=1S/C6H7NO.C2HF3O2/c8-6-4-2-1-3-5-7-6;3-2(4,5)1(6)7/h1-3,5H,4H2,(H,7,8);(H,6,7). The topological polar surface area (TPSA) is 66.4 Å². The molecule has 0 spiro atoms. The van der Waals surface area contributed by atoms with Crippen LogP contribution in [0.1, 0.15) is 6.42 Å². The number of allylic oxidation sites excluding steroid dienone is 2. The molecule has 0 fully saturated rings. The number of hydrogen-bond acceptors (Lipinski definition) is 2. The van der Waals surface area contributed by atoms with E-state index in [0.717, 1.165) is 0 Å². The number of carboxylic acid groups (broad SMARTS) is 1. The lowest BCUT2D eigenvalue weighted by Crippen LogP contribution is -2.21. The number of carbonyl (C=O) groups is 2. The molecule has 1 amide bonds. The van der Waals surface area contributed by atoms with Gasteiger partial charge in [-0.25, -0.2) is 4.79 Å². The van der Waals surface area contributed by atoms with Crippen molar-refractivity contribution >= 4 is 11.9 Å². The second kappa shape index (κ2) is 5.84. The molecule has 0 aromatic rings. The van der Waals surface area contributed by atoms with Crippen molar-refractivity contribution in [3.63, 3.8) is 0 Å². The van der Waals surface area contributed by atoms with Gasteiger partial charge in [-0.15, -0.1) is 0 Å². The number of alkyl halides is 3. The largest absolute Gasteiger partial charge is 0.490 e. The number of halogens is 3. The van der Waals surface area contributed by atoms with Crippen molar-refractivity contribution in [3.8, 4) is 0 Å². The fraction of sp³-hybridized carbons (Fsp3) is 0.250. The summed E-state index contributed by atoms with van der Waals surface area (Å²) < 4.78 is 31.7. The molecule has 1 heterocycles. The van der Waals surface area contributed by atoms with Crippen LogP contribution in [0.2, 0.25) is 0 Å². The highest BCUT2D eigenvalue weighted by Crippen LogP contribution is 2.13. The lowest BCUT2D eigenvalue weighted by atomic mass is 10.4. The van der Waals surface area contributed by atoms with Gasteiger partial charge in [-0.3, -0.25) is 4.79 Å². The number of nitrogens with one attached hydrogen (secondary N) is 1. The van der Waals surface area contributed by atoms with Gasteiger partial charge in [0.2, 0.25) is 5.91 Å². The third-order valence-corrected chi connectivity index (χ3v) is 1.13. The monoisotopic (exact) mass is 223 g/mol. The summed E-state index contributed by atoms with van der Waals surface area (Å²) in [5, 5.41) is 9.69. The van der Waals surface area contributed by atoms with E-state index in [1.807, 2.05) is 12.2 Å². The normalized spacial score (nSPS) is 14.7. The molecule has 0 aliphatic carbocycles. The number of amides is 1. The summed E-state index contributed by atoms with van der Waals surface area (Å²) in [7, 11) is 0. The van der Waals surface area contributed by atoms with Crippen molar-refractivity contribution in [1.29, 1.82) is 0 Å². The van der Waals surface area contributed by atoms with Crippen LogP contribution in [-0.2, 0) is 9.59 Å². The third-order valence-electron chi connectivity index (χ3n) is 1.13. The summed E-state index contributed by atoms with van der Waals surface area (Å²) >= 11 is 0. The fourth-order valence-corrected chi connectivity index (χ4v) is 0.509. The zero-order valence-electron chi connectivity index (χ0n) is 7.41. The molecule has 7 heteroatoms. The first-order valence-corrected chi connectivity index (χ1v) is 3.75. The van der Waals surface area contributed by atoms with Crippen LogP contribution in [0.3, 0.4) is 0 Å². The van der Waals surface area contributed by atoms with Gasteiger partial charge in [0.1, 0.15) is 0 Å². The maximum Gasteiger partial charge on any atom is 0.490 e. The Morgan fingerprint density at radius 3 is 2.40 bits per heavy atom. The average molecular weight is 223 g/mol. The lowest BCUT2D eigenvalue weighted by Gasteiger charge is -1.93. The van der Waals surface area contributed by atoms with Crippen LogP contribution < -0.4 is 5.32 Å². The third kappa shape index (κ3) is 7.29. The van der Waals surface area contributed by atoms with Crippen molar-refractivity contribution < 1.29 is 27.9 Å². The van der Waals surface area contributed by atoms with E-state index >= 15 is 0 Å². The smallest absolute Gasteiger partial charge is 0.475 e. The Kier molecular flexibility index (Phi) is 5.14. The van der Waals surface area contributed by atoms with Gasteiger partial charge in [-0.05, 0) is 6.08 Å². The van der Waals surface area contributed by atoms with E-state index in [1.165, 1.54) is 0 Å². The van der Waals surface area contributed by atoms with E-state index in [1.54, 1.807) is 12.3 Å². The number of carboxylic acids is 1. The van der Waals surface area contributed by atoms with Gasteiger partial charge in [-0.1, -0.05) is 12.2 Å². The Labute approximate surface area is 83.1 Å². The molecular formula is C8H8F3NO3. The second-order valence-corrected chi connectivity index (χ2v) is 2.36. The Hall–Kier alpha value is -1.79. The van der Waals surface area contributed by atoms with Gasteiger partial charge in [0.15, 0.2) is 0 Å².